The maximum Gasteiger partial charge on any atom is 0.293 e. The number of para-hydroxylation sites is 1. The minimum absolute atomic E-state index is 0.248. The Bertz CT molecular complexity index is 1200. The molecule has 1 amide bonds. The van der Waals surface area contributed by atoms with Crippen molar-refractivity contribution in [1.29, 1.82) is 0 Å². The fourth-order valence-corrected chi connectivity index (χ4v) is 6.70. The summed E-state index contributed by atoms with van der Waals surface area (Å²) in [5.41, 5.74) is 2.73. The van der Waals surface area contributed by atoms with Crippen molar-refractivity contribution in [1.82, 2.24) is 15.2 Å². The summed E-state index contributed by atoms with van der Waals surface area (Å²) in [5, 5.41) is 13.8. The van der Waals surface area contributed by atoms with Crippen molar-refractivity contribution in [2.45, 2.75) is 55.5 Å². The molecule has 4 aromatic rings. The largest absolute Gasteiger partial charge is 0.451 e. The number of aryl methyl sites for hydroxylation is 3. The van der Waals surface area contributed by atoms with Crippen molar-refractivity contribution in [3.63, 3.8) is 0 Å². The molecule has 0 saturated carbocycles. The summed E-state index contributed by atoms with van der Waals surface area (Å²) in [7, 11) is 0. The Morgan fingerprint density at radius 3 is 2.81 bits per heavy atom. The SMILES string of the molecule is Cc1nnc(SCc2c(C(=O)Nc3nc4c(s3)CCCCCC4)oc3ccccc23)s1. The Kier molecular flexibility index (Phi) is 6.06. The molecule has 1 N–H and O–H groups in total. The average Bonchev–Trinajstić information content (AvgIpc) is 3.43. The number of thiazole rings is 1. The number of hydrogen-bond donors (Lipinski definition) is 1. The molecule has 0 spiro atoms. The lowest BCUT2D eigenvalue weighted by Gasteiger charge is -2.06. The standard InChI is InChI=1S/C22H22N4O2S3/c1-13-25-26-22(30-13)29-12-15-14-8-6-7-10-17(14)28-19(15)20(27)24-21-23-16-9-4-2-3-5-11-18(16)31-21/h6-8,10H,2-5,9,11-12H2,1H3,(H,23,24,27). The first-order valence-corrected chi connectivity index (χ1v) is 13.0. The molecule has 9 heteroatoms. The quantitative estimate of drug-likeness (QED) is 0.347. The van der Waals surface area contributed by atoms with Crippen molar-refractivity contribution in [2.24, 2.45) is 0 Å². The third-order valence-corrected chi connectivity index (χ3v) is 8.39. The zero-order chi connectivity index (χ0) is 21.2. The molecule has 6 nitrogen and oxygen atoms in total. The predicted molar refractivity (Wildman–Crippen MR) is 126 cm³/mol. The molecule has 3 aromatic heterocycles. The topological polar surface area (TPSA) is 80.9 Å². The molecule has 31 heavy (non-hydrogen) atoms. The van der Waals surface area contributed by atoms with Gasteiger partial charge >= 0.3 is 0 Å². The van der Waals surface area contributed by atoms with E-state index in [0.29, 0.717) is 22.2 Å². The van der Waals surface area contributed by atoms with Gasteiger partial charge in [-0.15, -0.1) is 21.5 Å². The first-order chi connectivity index (χ1) is 15.2. The number of hydrogen-bond acceptors (Lipinski definition) is 8. The van der Waals surface area contributed by atoms with Crippen molar-refractivity contribution in [3.05, 3.63) is 51.2 Å². The minimum Gasteiger partial charge on any atom is -0.451 e. The number of carbonyl (C=O) groups excluding carboxylic acids is 1. The van der Waals surface area contributed by atoms with Crippen LogP contribution in [-0.4, -0.2) is 21.1 Å². The summed E-state index contributed by atoms with van der Waals surface area (Å²) in [6.07, 6.45) is 6.94. The summed E-state index contributed by atoms with van der Waals surface area (Å²) in [6.45, 7) is 1.94. The summed E-state index contributed by atoms with van der Waals surface area (Å²) in [5.74, 6) is 0.683. The van der Waals surface area contributed by atoms with Gasteiger partial charge in [0.25, 0.3) is 5.91 Å². The lowest BCUT2D eigenvalue weighted by atomic mass is 10.0. The average molecular weight is 471 g/mol. The number of nitrogens with one attached hydrogen (secondary N) is 1. The van der Waals surface area contributed by atoms with E-state index in [-0.39, 0.29) is 5.91 Å². The summed E-state index contributed by atoms with van der Waals surface area (Å²) in [4.78, 5) is 19.2. The van der Waals surface area contributed by atoms with Crippen LogP contribution in [0.3, 0.4) is 0 Å². The molecule has 1 aliphatic rings. The van der Waals surface area contributed by atoms with E-state index in [4.69, 9.17) is 9.40 Å². The van der Waals surface area contributed by atoms with E-state index in [2.05, 4.69) is 15.5 Å². The fraction of sp³-hybridized carbons (Fsp3) is 0.364. The Labute approximate surface area is 192 Å². The van der Waals surface area contributed by atoms with Gasteiger partial charge in [-0.05, 0) is 38.7 Å². The molecular weight excluding hydrogens is 448 g/mol. The van der Waals surface area contributed by atoms with E-state index in [1.54, 1.807) is 34.4 Å². The predicted octanol–water partition coefficient (Wildman–Crippen LogP) is 6.25. The van der Waals surface area contributed by atoms with Gasteiger partial charge in [0.2, 0.25) is 0 Å². The number of aromatic nitrogens is 3. The number of fused-ring (bicyclic) bond motifs is 2. The second-order valence-corrected chi connectivity index (χ2v) is 11.0. The fourth-order valence-electron chi connectivity index (χ4n) is 3.81. The van der Waals surface area contributed by atoms with Gasteiger partial charge < -0.3 is 4.42 Å². The van der Waals surface area contributed by atoms with Crippen LogP contribution in [0.4, 0.5) is 5.13 Å². The third kappa shape index (κ3) is 4.53. The van der Waals surface area contributed by atoms with Crippen LogP contribution in [0, 0.1) is 6.92 Å². The Morgan fingerprint density at radius 2 is 1.97 bits per heavy atom. The Hall–Kier alpha value is -2.23. The first-order valence-electron chi connectivity index (χ1n) is 10.4. The lowest BCUT2D eigenvalue weighted by Crippen LogP contribution is -2.12. The molecule has 0 fully saturated rings. The molecule has 0 atom stereocenters. The van der Waals surface area contributed by atoms with Crippen molar-refractivity contribution >= 4 is 56.4 Å². The third-order valence-electron chi connectivity index (χ3n) is 5.32. The van der Waals surface area contributed by atoms with Gasteiger partial charge in [0.05, 0.1) is 5.69 Å². The maximum absolute atomic E-state index is 13.2. The van der Waals surface area contributed by atoms with Crippen LogP contribution < -0.4 is 5.32 Å². The number of thioether (sulfide) groups is 1. The Morgan fingerprint density at radius 1 is 1.13 bits per heavy atom. The summed E-state index contributed by atoms with van der Waals surface area (Å²) in [6, 6.07) is 7.76. The molecule has 1 aliphatic carbocycles. The number of rotatable bonds is 5. The van der Waals surface area contributed by atoms with Crippen LogP contribution in [0.5, 0.6) is 0 Å². The van der Waals surface area contributed by atoms with Gasteiger partial charge in [0, 0.05) is 21.6 Å². The molecule has 0 aliphatic heterocycles. The Balaban J connectivity index is 1.41. The molecule has 0 saturated heterocycles. The van der Waals surface area contributed by atoms with E-state index in [1.807, 2.05) is 31.2 Å². The number of nitrogens with zero attached hydrogens (tertiary/aromatic N) is 3. The molecule has 0 radical (unpaired) electrons. The van der Waals surface area contributed by atoms with E-state index < -0.39 is 0 Å². The molecule has 160 valence electrons. The van der Waals surface area contributed by atoms with Crippen LogP contribution in [0.25, 0.3) is 11.0 Å². The van der Waals surface area contributed by atoms with Crippen molar-refractivity contribution < 1.29 is 9.21 Å². The van der Waals surface area contributed by atoms with Gasteiger partial charge in [-0.1, -0.05) is 54.1 Å². The zero-order valence-electron chi connectivity index (χ0n) is 17.1. The normalized spacial score (nSPS) is 14.2. The van der Waals surface area contributed by atoms with Gasteiger partial charge in [-0.3, -0.25) is 10.1 Å². The van der Waals surface area contributed by atoms with Crippen LogP contribution in [0.2, 0.25) is 0 Å². The highest BCUT2D eigenvalue weighted by molar-refractivity contribution is 8.00. The van der Waals surface area contributed by atoms with Gasteiger partial charge in [0.15, 0.2) is 15.2 Å². The van der Waals surface area contributed by atoms with Crippen LogP contribution in [0.1, 0.15) is 57.4 Å². The smallest absolute Gasteiger partial charge is 0.293 e. The monoisotopic (exact) mass is 470 g/mol. The lowest BCUT2D eigenvalue weighted by molar-refractivity contribution is 0.0998. The number of anilines is 1. The van der Waals surface area contributed by atoms with Crippen LogP contribution in [0.15, 0.2) is 33.0 Å². The second-order valence-electron chi connectivity index (χ2n) is 7.54. The highest BCUT2D eigenvalue weighted by Crippen LogP contribution is 2.34. The highest BCUT2D eigenvalue weighted by atomic mass is 32.2. The molecule has 1 aromatic carbocycles. The molecular formula is C22H22N4O2S3. The zero-order valence-corrected chi connectivity index (χ0v) is 19.6. The second kappa shape index (κ2) is 9.10. The molecule has 3 heterocycles. The number of furan rings is 1. The van der Waals surface area contributed by atoms with Crippen LogP contribution >= 0.6 is 34.4 Å². The van der Waals surface area contributed by atoms with E-state index in [9.17, 15) is 4.79 Å². The van der Waals surface area contributed by atoms with Crippen molar-refractivity contribution in [2.75, 3.05) is 5.32 Å². The van der Waals surface area contributed by atoms with E-state index in [0.717, 1.165) is 38.8 Å². The number of amides is 1. The van der Waals surface area contributed by atoms with E-state index in [1.165, 1.54) is 30.6 Å². The first kappa shape index (κ1) is 20.7. The molecule has 0 bridgehead atoms. The highest BCUT2D eigenvalue weighted by Gasteiger charge is 2.23. The van der Waals surface area contributed by atoms with Gasteiger partial charge in [0.1, 0.15) is 10.6 Å². The minimum atomic E-state index is -0.248. The van der Waals surface area contributed by atoms with Crippen LogP contribution in [-0.2, 0) is 18.6 Å². The van der Waals surface area contributed by atoms with Gasteiger partial charge in [-0.2, -0.15) is 0 Å². The number of carbonyl (C=O) groups is 1. The summed E-state index contributed by atoms with van der Waals surface area (Å²) >= 11 is 4.72. The van der Waals surface area contributed by atoms with Gasteiger partial charge in [-0.25, -0.2) is 4.98 Å². The maximum atomic E-state index is 13.2. The van der Waals surface area contributed by atoms with Crippen molar-refractivity contribution in [3.8, 4) is 0 Å². The summed E-state index contributed by atoms with van der Waals surface area (Å²) < 4.78 is 6.87. The molecule has 0 unspecified atom stereocenters. The number of benzene rings is 1. The molecule has 5 rings (SSSR count). The van der Waals surface area contributed by atoms with E-state index >= 15 is 0 Å².